The summed E-state index contributed by atoms with van der Waals surface area (Å²) in [5.41, 5.74) is 0.745. The van der Waals surface area contributed by atoms with Gasteiger partial charge in [0.05, 0.1) is 18.7 Å². The van der Waals surface area contributed by atoms with E-state index < -0.39 is 12.1 Å². The summed E-state index contributed by atoms with van der Waals surface area (Å²) in [7, 11) is 0. The van der Waals surface area contributed by atoms with Crippen molar-refractivity contribution >= 4 is 17.6 Å². The van der Waals surface area contributed by atoms with Gasteiger partial charge in [-0.05, 0) is 26.0 Å². The monoisotopic (exact) mass is 263 g/mol. The fourth-order valence-corrected chi connectivity index (χ4v) is 2.10. The summed E-state index contributed by atoms with van der Waals surface area (Å²) < 4.78 is 10.5. The van der Waals surface area contributed by atoms with Crippen molar-refractivity contribution in [2.24, 2.45) is 0 Å². The molecule has 102 valence electrons. The first-order valence-electron chi connectivity index (χ1n) is 6.40. The lowest BCUT2D eigenvalue weighted by Gasteiger charge is -2.33. The second-order valence-corrected chi connectivity index (χ2v) is 4.17. The van der Waals surface area contributed by atoms with E-state index in [1.54, 1.807) is 17.9 Å². The van der Waals surface area contributed by atoms with E-state index in [-0.39, 0.29) is 12.3 Å². The molecule has 1 unspecified atom stereocenters. The zero-order chi connectivity index (χ0) is 13.8. The Labute approximate surface area is 112 Å². The third-order valence-corrected chi connectivity index (χ3v) is 2.94. The predicted molar refractivity (Wildman–Crippen MR) is 70.1 cm³/mol. The van der Waals surface area contributed by atoms with Crippen molar-refractivity contribution < 1.29 is 19.1 Å². The van der Waals surface area contributed by atoms with E-state index in [1.165, 1.54) is 0 Å². The number of fused-ring (bicyclic) bond motifs is 1. The number of esters is 1. The maximum atomic E-state index is 12.3. The summed E-state index contributed by atoms with van der Waals surface area (Å²) in [5, 5.41) is 0. The smallest absolute Gasteiger partial charge is 0.310 e. The Bertz CT molecular complexity index is 486. The van der Waals surface area contributed by atoms with Gasteiger partial charge < -0.3 is 14.4 Å². The van der Waals surface area contributed by atoms with E-state index >= 15 is 0 Å². The van der Waals surface area contributed by atoms with Gasteiger partial charge in [0.15, 0.2) is 6.10 Å². The number of hydrogen-bond donors (Lipinski definition) is 0. The molecule has 1 amide bonds. The number of amides is 1. The number of carbonyl (C=O) groups is 2. The van der Waals surface area contributed by atoms with Gasteiger partial charge in [0.2, 0.25) is 0 Å². The van der Waals surface area contributed by atoms with E-state index in [0.29, 0.717) is 18.9 Å². The van der Waals surface area contributed by atoms with Crippen LogP contribution in [0.25, 0.3) is 0 Å². The predicted octanol–water partition coefficient (Wildman–Crippen LogP) is 1.75. The maximum absolute atomic E-state index is 12.3. The molecule has 5 nitrogen and oxygen atoms in total. The quantitative estimate of drug-likeness (QED) is 0.777. The van der Waals surface area contributed by atoms with Gasteiger partial charge in [0, 0.05) is 6.54 Å². The molecule has 1 atom stereocenters. The zero-order valence-corrected chi connectivity index (χ0v) is 11.1. The summed E-state index contributed by atoms with van der Waals surface area (Å²) in [6.07, 6.45) is -0.855. The van der Waals surface area contributed by atoms with E-state index in [9.17, 15) is 9.59 Å². The van der Waals surface area contributed by atoms with Gasteiger partial charge in [-0.1, -0.05) is 12.1 Å². The molecule has 0 N–H and O–H groups in total. The van der Waals surface area contributed by atoms with Gasteiger partial charge in [0.25, 0.3) is 5.91 Å². The molecule has 1 aliphatic rings. The van der Waals surface area contributed by atoms with Crippen molar-refractivity contribution in [3.63, 3.8) is 0 Å². The number of likely N-dealkylation sites (N-methyl/N-ethyl adjacent to an activating group) is 1. The third kappa shape index (κ3) is 2.70. The lowest BCUT2D eigenvalue weighted by molar-refractivity contribution is -0.147. The molecular formula is C14H17NO4. The van der Waals surface area contributed by atoms with Crippen LogP contribution in [-0.2, 0) is 14.3 Å². The lowest BCUT2D eigenvalue weighted by Crippen LogP contribution is -2.46. The van der Waals surface area contributed by atoms with Crippen LogP contribution in [0.5, 0.6) is 5.75 Å². The molecule has 5 heteroatoms. The second-order valence-electron chi connectivity index (χ2n) is 4.17. The number of ether oxygens (including phenoxy) is 2. The minimum Gasteiger partial charge on any atom is -0.478 e. The molecular weight excluding hydrogens is 246 g/mol. The number of hydrogen-bond acceptors (Lipinski definition) is 4. The largest absolute Gasteiger partial charge is 0.478 e. The zero-order valence-electron chi connectivity index (χ0n) is 11.1. The van der Waals surface area contributed by atoms with E-state index in [0.717, 1.165) is 5.69 Å². The van der Waals surface area contributed by atoms with Crippen molar-refractivity contribution in [1.29, 1.82) is 0 Å². The van der Waals surface area contributed by atoms with Crippen LogP contribution >= 0.6 is 0 Å². The molecule has 0 saturated heterocycles. The van der Waals surface area contributed by atoms with Crippen molar-refractivity contribution in [3.8, 4) is 5.75 Å². The van der Waals surface area contributed by atoms with Crippen LogP contribution in [0.15, 0.2) is 24.3 Å². The first-order chi connectivity index (χ1) is 9.17. The Kier molecular flexibility index (Phi) is 4.04. The number of para-hydroxylation sites is 2. The van der Waals surface area contributed by atoms with E-state index in [4.69, 9.17) is 9.47 Å². The van der Waals surface area contributed by atoms with Crippen LogP contribution in [0.4, 0.5) is 5.69 Å². The summed E-state index contributed by atoms with van der Waals surface area (Å²) in [6.45, 7) is 4.46. The van der Waals surface area contributed by atoms with Crippen LogP contribution in [-0.4, -0.2) is 31.1 Å². The van der Waals surface area contributed by atoms with Crippen molar-refractivity contribution in [1.82, 2.24) is 0 Å². The molecule has 1 aromatic carbocycles. The van der Waals surface area contributed by atoms with E-state index in [1.807, 2.05) is 25.1 Å². The molecule has 1 aliphatic heterocycles. The average molecular weight is 263 g/mol. The molecule has 0 saturated carbocycles. The third-order valence-electron chi connectivity index (χ3n) is 2.94. The Morgan fingerprint density at radius 1 is 1.37 bits per heavy atom. The van der Waals surface area contributed by atoms with Crippen molar-refractivity contribution in [2.45, 2.75) is 26.4 Å². The second kappa shape index (κ2) is 5.73. The molecule has 0 radical (unpaired) electrons. The van der Waals surface area contributed by atoms with Crippen LogP contribution in [0.2, 0.25) is 0 Å². The van der Waals surface area contributed by atoms with Gasteiger partial charge in [0.1, 0.15) is 5.75 Å². The minimum absolute atomic E-state index is 0.0580. The number of nitrogens with zero attached hydrogens (tertiary/aromatic N) is 1. The lowest BCUT2D eigenvalue weighted by atomic mass is 10.1. The summed E-state index contributed by atoms with van der Waals surface area (Å²) in [4.78, 5) is 25.4. The molecule has 0 spiro atoms. The molecule has 2 rings (SSSR count). The molecule has 1 aromatic rings. The van der Waals surface area contributed by atoms with Gasteiger partial charge in [-0.25, -0.2) is 0 Å². The highest BCUT2D eigenvalue weighted by molar-refractivity contribution is 6.01. The molecule has 0 fully saturated rings. The minimum atomic E-state index is -0.797. The number of rotatable bonds is 4. The first kappa shape index (κ1) is 13.4. The van der Waals surface area contributed by atoms with Gasteiger partial charge >= 0.3 is 5.97 Å². The standard InChI is InChI=1S/C14H17NO4/c1-3-15-10-7-5-6-8-11(10)19-12(14(15)17)9-13(16)18-4-2/h5-8,12H,3-4,9H2,1-2H3. The average Bonchev–Trinajstić information content (AvgIpc) is 2.40. The Hall–Kier alpha value is -2.04. The van der Waals surface area contributed by atoms with Crippen molar-refractivity contribution in [3.05, 3.63) is 24.3 Å². The maximum Gasteiger partial charge on any atom is 0.310 e. The highest BCUT2D eigenvalue weighted by atomic mass is 16.5. The van der Waals surface area contributed by atoms with Crippen LogP contribution in [0.1, 0.15) is 20.3 Å². The fourth-order valence-electron chi connectivity index (χ4n) is 2.10. The van der Waals surface area contributed by atoms with Crippen LogP contribution < -0.4 is 9.64 Å². The summed E-state index contributed by atoms with van der Waals surface area (Å²) in [6, 6.07) is 7.31. The SMILES string of the molecule is CCOC(=O)CC1Oc2ccccc2N(CC)C1=O. The van der Waals surface area contributed by atoms with E-state index in [2.05, 4.69) is 0 Å². The fraction of sp³-hybridized carbons (Fsp3) is 0.429. The molecule has 0 aromatic heterocycles. The van der Waals surface area contributed by atoms with Crippen LogP contribution in [0.3, 0.4) is 0 Å². The number of anilines is 1. The van der Waals surface area contributed by atoms with Crippen LogP contribution in [0, 0.1) is 0 Å². The number of benzene rings is 1. The van der Waals surface area contributed by atoms with Gasteiger partial charge in [-0.2, -0.15) is 0 Å². The Balaban J connectivity index is 2.21. The molecule has 0 bridgehead atoms. The molecule has 1 heterocycles. The first-order valence-corrected chi connectivity index (χ1v) is 6.40. The molecule has 19 heavy (non-hydrogen) atoms. The Morgan fingerprint density at radius 2 is 2.11 bits per heavy atom. The highest BCUT2D eigenvalue weighted by Crippen LogP contribution is 2.34. The van der Waals surface area contributed by atoms with Crippen molar-refractivity contribution in [2.75, 3.05) is 18.1 Å². The Morgan fingerprint density at radius 3 is 2.79 bits per heavy atom. The normalized spacial score (nSPS) is 17.7. The number of carbonyl (C=O) groups excluding carboxylic acids is 2. The summed E-state index contributed by atoms with van der Waals surface area (Å²) >= 11 is 0. The highest BCUT2D eigenvalue weighted by Gasteiger charge is 2.35. The topological polar surface area (TPSA) is 55.8 Å². The molecule has 0 aliphatic carbocycles. The van der Waals surface area contributed by atoms with Gasteiger partial charge in [-0.15, -0.1) is 0 Å². The summed E-state index contributed by atoms with van der Waals surface area (Å²) in [5.74, 6) is 0.00351. The van der Waals surface area contributed by atoms with Gasteiger partial charge in [-0.3, -0.25) is 9.59 Å².